The molecule has 0 aliphatic carbocycles. The van der Waals surface area contributed by atoms with Crippen LogP contribution in [-0.4, -0.2) is 7.11 Å². The fourth-order valence-electron chi connectivity index (χ4n) is 1.37. The molecule has 15 heavy (non-hydrogen) atoms. The molecule has 1 aromatic carbocycles. The van der Waals surface area contributed by atoms with E-state index in [1.165, 1.54) is 0 Å². The van der Waals surface area contributed by atoms with Gasteiger partial charge in [-0.15, -0.1) is 0 Å². The van der Waals surface area contributed by atoms with Gasteiger partial charge in [-0.25, -0.2) is 0 Å². The second-order valence-electron chi connectivity index (χ2n) is 4.04. The van der Waals surface area contributed by atoms with Crippen LogP contribution in [0.25, 0.3) is 0 Å². The van der Waals surface area contributed by atoms with Crippen molar-refractivity contribution in [1.29, 1.82) is 5.26 Å². The van der Waals surface area contributed by atoms with Crippen LogP contribution in [0.4, 0.5) is 0 Å². The van der Waals surface area contributed by atoms with E-state index in [-0.39, 0.29) is 0 Å². The Kier molecular flexibility index (Phi) is 3.26. The standard InChI is InChI=1S/C12H14ClNO/c1-8-5-9(15-4)6-10(11(8)13)12(2,3)7-14/h5-6H,1-4H3. The molecule has 0 aromatic heterocycles. The molecule has 0 amide bonds. The highest BCUT2D eigenvalue weighted by Crippen LogP contribution is 2.34. The van der Waals surface area contributed by atoms with Gasteiger partial charge in [-0.1, -0.05) is 11.6 Å². The average Bonchev–Trinajstić information content (AvgIpc) is 2.21. The van der Waals surface area contributed by atoms with E-state index in [0.29, 0.717) is 5.02 Å². The lowest BCUT2D eigenvalue weighted by molar-refractivity contribution is 0.413. The highest BCUT2D eigenvalue weighted by Gasteiger charge is 2.24. The number of aryl methyl sites for hydroxylation is 1. The van der Waals surface area contributed by atoms with Crippen molar-refractivity contribution >= 4 is 11.6 Å². The number of benzene rings is 1. The maximum Gasteiger partial charge on any atom is 0.119 e. The van der Waals surface area contributed by atoms with Gasteiger partial charge in [-0.3, -0.25) is 0 Å². The minimum atomic E-state index is -0.601. The maximum absolute atomic E-state index is 9.08. The summed E-state index contributed by atoms with van der Waals surface area (Å²) in [5.74, 6) is 0.732. The Bertz CT molecular complexity index is 418. The molecule has 0 unspecified atom stereocenters. The molecule has 3 heteroatoms. The summed E-state index contributed by atoms with van der Waals surface area (Å²) in [6.07, 6.45) is 0. The average molecular weight is 224 g/mol. The SMILES string of the molecule is COc1cc(C)c(Cl)c(C(C)(C)C#N)c1. The normalized spacial score (nSPS) is 10.9. The number of halogens is 1. The summed E-state index contributed by atoms with van der Waals surface area (Å²) in [6.45, 7) is 5.59. The molecule has 0 fully saturated rings. The fourth-order valence-corrected chi connectivity index (χ4v) is 1.71. The van der Waals surface area contributed by atoms with Crippen LogP contribution >= 0.6 is 11.6 Å². The van der Waals surface area contributed by atoms with Crippen molar-refractivity contribution < 1.29 is 4.74 Å². The lowest BCUT2D eigenvalue weighted by Gasteiger charge is -2.19. The molecular weight excluding hydrogens is 210 g/mol. The van der Waals surface area contributed by atoms with Gasteiger partial charge in [0.05, 0.1) is 18.6 Å². The first-order chi connectivity index (χ1) is 6.92. The third kappa shape index (κ3) is 2.24. The van der Waals surface area contributed by atoms with E-state index in [9.17, 15) is 0 Å². The van der Waals surface area contributed by atoms with E-state index in [1.54, 1.807) is 7.11 Å². The van der Waals surface area contributed by atoms with E-state index in [2.05, 4.69) is 6.07 Å². The topological polar surface area (TPSA) is 33.0 Å². The Morgan fingerprint density at radius 3 is 2.47 bits per heavy atom. The van der Waals surface area contributed by atoms with E-state index >= 15 is 0 Å². The Morgan fingerprint density at radius 2 is 2.00 bits per heavy atom. The van der Waals surface area contributed by atoms with E-state index in [0.717, 1.165) is 16.9 Å². The zero-order valence-electron chi connectivity index (χ0n) is 9.39. The van der Waals surface area contributed by atoms with Gasteiger partial charge < -0.3 is 4.74 Å². The lowest BCUT2D eigenvalue weighted by atomic mass is 9.85. The van der Waals surface area contributed by atoms with Gasteiger partial charge in [0.25, 0.3) is 0 Å². The van der Waals surface area contributed by atoms with Crippen molar-refractivity contribution in [1.82, 2.24) is 0 Å². The van der Waals surface area contributed by atoms with E-state index in [1.807, 2.05) is 32.9 Å². The maximum atomic E-state index is 9.08. The Morgan fingerprint density at radius 1 is 1.40 bits per heavy atom. The van der Waals surface area contributed by atoms with Crippen molar-refractivity contribution in [2.24, 2.45) is 0 Å². The van der Waals surface area contributed by atoms with Crippen LogP contribution in [0.1, 0.15) is 25.0 Å². The summed E-state index contributed by atoms with van der Waals surface area (Å²) < 4.78 is 5.16. The predicted molar refractivity (Wildman–Crippen MR) is 61.4 cm³/mol. The van der Waals surface area contributed by atoms with Gasteiger partial charge in [0.2, 0.25) is 0 Å². The highest BCUT2D eigenvalue weighted by molar-refractivity contribution is 6.32. The van der Waals surface area contributed by atoms with Crippen LogP contribution in [-0.2, 0) is 5.41 Å². The molecule has 0 N–H and O–H groups in total. The molecule has 0 saturated heterocycles. The highest BCUT2D eigenvalue weighted by atomic mass is 35.5. The number of hydrogen-bond donors (Lipinski definition) is 0. The van der Waals surface area contributed by atoms with Crippen LogP contribution < -0.4 is 4.74 Å². The molecular formula is C12H14ClNO. The summed E-state index contributed by atoms with van der Waals surface area (Å²) in [4.78, 5) is 0. The van der Waals surface area contributed by atoms with Crippen molar-refractivity contribution in [2.75, 3.05) is 7.11 Å². The minimum Gasteiger partial charge on any atom is -0.497 e. The monoisotopic (exact) mass is 223 g/mol. The van der Waals surface area contributed by atoms with Crippen LogP contribution in [0.15, 0.2) is 12.1 Å². The Labute approximate surface area is 95.4 Å². The minimum absolute atomic E-state index is 0.601. The van der Waals surface area contributed by atoms with Crippen LogP contribution in [0, 0.1) is 18.3 Å². The molecule has 0 aliphatic heterocycles. The first kappa shape index (κ1) is 11.9. The molecule has 80 valence electrons. The number of hydrogen-bond acceptors (Lipinski definition) is 2. The molecule has 0 saturated carbocycles. The molecule has 2 nitrogen and oxygen atoms in total. The van der Waals surface area contributed by atoms with Crippen molar-refractivity contribution in [2.45, 2.75) is 26.2 Å². The number of nitriles is 1. The summed E-state index contributed by atoms with van der Waals surface area (Å²) in [6, 6.07) is 5.92. The van der Waals surface area contributed by atoms with Crippen molar-refractivity contribution in [3.8, 4) is 11.8 Å². The van der Waals surface area contributed by atoms with Gasteiger partial charge in [-0.05, 0) is 44.0 Å². The zero-order chi connectivity index (χ0) is 11.6. The largest absolute Gasteiger partial charge is 0.497 e. The lowest BCUT2D eigenvalue weighted by Crippen LogP contribution is -2.15. The molecule has 0 bridgehead atoms. The van der Waals surface area contributed by atoms with Crippen molar-refractivity contribution in [3.05, 3.63) is 28.3 Å². The molecule has 0 atom stereocenters. The summed E-state index contributed by atoms with van der Waals surface area (Å²) in [5, 5.41) is 9.72. The first-order valence-electron chi connectivity index (χ1n) is 4.68. The third-order valence-corrected chi connectivity index (χ3v) is 2.92. The van der Waals surface area contributed by atoms with Crippen LogP contribution in [0.5, 0.6) is 5.75 Å². The summed E-state index contributed by atoms with van der Waals surface area (Å²) in [7, 11) is 1.60. The van der Waals surface area contributed by atoms with Gasteiger partial charge in [0.15, 0.2) is 0 Å². The summed E-state index contributed by atoms with van der Waals surface area (Å²) in [5.41, 5.74) is 1.13. The Balaban J connectivity index is 3.42. The van der Waals surface area contributed by atoms with Crippen LogP contribution in [0.2, 0.25) is 5.02 Å². The van der Waals surface area contributed by atoms with Crippen molar-refractivity contribution in [3.63, 3.8) is 0 Å². The number of rotatable bonds is 2. The first-order valence-corrected chi connectivity index (χ1v) is 5.06. The number of nitrogens with zero attached hydrogens (tertiary/aromatic N) is 1. The second kappa shape index (κ2) is 4.12. The van der Waals surface area contributed by atoms with Crippen LogP contribution in [0.3, 0.4) is 0 Å². The van der Waals surface area contributed by atoms with E-state index < -0.39 is 5.41 Å². The molecule has 0 radical (unpaired) electrons. The molecule has 0 heterocycles. The molecule has 1 aromatic rings. The Hall–Kier alpha value is -1.20. The van der Waals surface area contributed by atoms with Gasteiger partial charge in [-0.2, -0.15) is 5.26 Å². The van der Waals surface area contributed by atoms with E-state index in [4.69, 9.17) is 21.6 Å². The number of ether oxygens (including phenoxy) is 1. The molecule has 0 aliphatic rings. The smallest absolute Gasteiger partial charge is 0.119 e. The zero-order valence-corrected chi connectivity index (χ0v) is 10.1. The number of methoxy groups -OCH3 is 1. The molecule has 1 rings (SSSR count). The second-order valence-corrected chi connectivity index (χ2v) is 4.42. The van der Waals surface area contributed by atoms with Gasteiger partial charge in [0, 0.05) is 5.02 Å². The fraction of sp³-hybridized carbons (Fsp3) is 0.417. The summed E-state index contributed by atoms with van der Waals surface area (Å²) >= 11 is 6.18. The quantitative estimate of drug-likeness (QED) is 0.769. The molecule has 0 spiro atoms. The predicted octanol–water partition coefficient (Wildman–Crippen LogP) is 3.46. The van der Waals surface area contributed by atoms with Gasteiger partial charge >= 0.3 is 0 Å². The third-order valence-electron chi connectivity index (χ3n) is 2.42. The van der Waals surface area contributed by atoms with Gasteiger partial charge in [0.1, 0.15) is 5.75 Å².